The van der Waals surface area contributed by atoms with E-state index in [4.69, 9.17) is 21.5 Å². The quantitative estimate of drug-likeness (QED) is 0.389. The highest BCUT2D eigenvalue weighted by molar-refractivity contribution is 6.32. The van der Waals surface area contributed by atoms with Crippen molar-refractivity contribution in [3.05, 3.63) is 52.4 Å². The second-order valence-electron chi connectivity index (χ2n) is 12.0. The van der Waals surface area contributed by atoms with Gasteiger partial charge in [0.15, 0.2) is 5.82 Å². The molecule has 3 aliphatic rings. The van der Waals surface area contributed by atoms with Crippen molar-refractivity contribution in [1.29, 1.82) is 5.26 Å². The zero-order chi connectivity index (χ0) is 33.3. The maximum absolute atomic E-state index is 13.6. The molecule has 0 atom stereocenters. The molecule has 1 saturated carbocycles. The Morgan fingerprint density at radius 2 is 1.67 bits per heavy atom. The molecule has 2 N–H and O–H groups in total. The van der Waals surface area contributed by atoms with Crippen molar-refractivity contribution in [1.82, 2.24) is 29.7 Å². The summed E-state index contributed by atoms with van der Waals surface area (Å²) >= 11 is 6.29. The first-order valence-corrected chi connectivity index (χ1v) is 15.9. The lowest BCUT2D eigenvalue weighted by Gasteiger charge is -2.42. The van der Waals surface area contributed by atoms with E-state index in [-0.39, 0.29) is 22.6 Å². The first kappa shape index (κ1) is 35.3. The van der Waals surface area contributed by atoms with Crippen molar-refractivity contribution in [3.63, 3.8) is 0 Å². The van der Waals surface area contributed by atoms with E-state index in [2.05, 4.69) is 49.3 Å². The number of carbonyl (C=O) groups excluding carboxylic acids is 1. The van der Waals surface area contributed by atoms with Crippen LogP contribution in [0.25, 0.3) is 0 Å². The van der Waals surface area contributed by atoms with Gasteiger partial charge < -0.3 is 10.0 Å². The minimum absolute atomic E-state index is 0.00656. The number of likely N-dealkylation sites (N-methyl/N-ethyl adjacent to an activating group) is 1. The number of nitrogens with one attached hydrogen (secondary N) is 1. The molecule has 2 aromatic rings. The third kappa shape index (κ3) is 10.2. The van der Waals surface area contributed by atoms with Gasteiger partial charge in [0.05, 0.1) is 6.20 Å². The van der Waals surface area contributed by atoms with E-state index < -0.39 is 12.1 Å². The molecule has 11 nitrogen and oxygen atoms in total. The highest BCUT2D eigenvalue weighted by Crippen LogP contribution is 2.27. The molecule has 1 aromatic heterocycles. The number of halogens is 4. The van der Waals surface area contributed by atoms with Crippen LogP contribution in [0.3, 0.4) is 0 Å². The van der Waals surface area contributed by atoms with Crippen LogP contribution in [0.15, 0.2) is 30.5 Å². The normalized spacial score (nSPS) is 18.8. The van der Waals surface area contributed by atoms with E-state index >= 15 is 0 Å². The van der Waals surface area contributed by atoms with Crippen LogP contribution in [0.5, 0.6) is 0 Å². The molecule has 0 bridgehead atoms. The summed E-state index contributed by atoms with van der Waals surface area (Å²) < 4.78 is 31.7. The third-order valence-corrected chi connectivity index (χ3v) is 8.98. The second-order valence-corrected chi connectivity index (χ2v) is 12.4. The Labute approximate surface area is 271 Å². The third-order valence-electron chi connectivity index (χ3n) is 8.71. The maximum Gasteiger partial charge on any atom is 0.490 e. The van der Waals surface area contributed by atoms with Crippen LogP contribution < -0.4 is 5.43 Å². The van der Waals surface area contributed by atoms with Crippen LogP contribution in [-0.2, 0) is 11.3 Å². The smallest absolute Gasteiger partial charge is 0.475 e. The average Bonchev–Trinajstić information content (AvgIpc) is 3.56. The van der Waals surface area contributed by atoms with Crippen molar-refractivity contribution in [2.24, 2.45) is 5.92 Å². The van der Waals surface area contributed by atoms with E-state index in [1.54, 1.807) is 5.01 Å². The summed E-state index contributed by atoms with van der Waals surface area (Å²) in [6.45, 7) is 8.41. The molecule has 1 aromatic carbocycles. The summed E-state index contributed by atoms with van der Waals surface area (Å²) in [6, 6.07) is 10.6. The van der Waals surface area contributed by atoms with E-state index in [0.717, 1.165) is 32.5 Å². The van der Waals surface area contributed by atoms with Gasteiger partial charge in [0.2, 0.25) is 5.82 Å². The lowest BCUT2D eigenvalue weighted by atomic mass is 10.0. The highest BCUT2D eigenvalue weighted by atomic mass is 35.5. The fourth-order valence-corrected chi connectivity index (χ4v) is 6.19. The average molecular weight is 665 g/mol. The number of hydrogen-bond acceptors (Lipinski definition) is 9. The van der Waals surface area contributed by atoms with Gasteiger partial charge >= 0.3 is 12.1 Å². The summed E-state index contributed by atoms with van der Waals surface area (Å²) in [5.74, 6) is -2.19. The first-order chi connectivity index (χ1) is 21.9. The number of anilines is 1. The number of nitrogens with zero attached hydrogens (tertiary/aromatic N) is 7. The van der Waals surface area contributed by atoms with E-state index in [1.165, 1.54) is 63.6 Å². The lowest BCUT2D eigenvalue weighted by Crippen LogP contribution is -2.52. The van der Waals surface area contributed by atoms with Gasteiger partial charge in [-0.25, -0.2) is 9.78 Å². The number of aliphatic carboxylic acids is 1. The van der Waals surface area contributed by atoms with Crippen LogP contribution >= 0.6 is 11.6 Å². The Hall–Kier alpha value is -3.51. The predicted octanol–water partition coefficient (Wildman–Crippen LogP) is 4.51. The summed E-state index contributed by atoms with van der Waals surface area (Å²) in [6.07, 6.45) is 3.30. The summed E-state index contributed by atoms with van der Waals surface area (Å²) in [4.78, 5) is 38.2. The summed E-state index contributed by atoms with van der Waals surface area (Å²) in [5.41, 5.74) is 4.93. The van der Waals surface area contributed by atoms with Crippen LogP contribution in [0.1, 0.15) is 60.3 Å². The van der Waals surface area contributed by atoms with Gasteiger partial charge in [-0.3, -0.25) is 25.0 Å². The zero-order valence-electron chi connectivity index (χ0n) is 25.8. The number of benzene rings is 1. The lowest BCUT2D eigenvalue weighted by molar-refractivity contribution is -0.192. The highest BCUT2D eigenvalue weighted by Gasteiger charge is 2.38. The molecule has 5 rings (SSSR count). The van der Waals surface area contributed by atoms with E-state index in [9.17, 15) is 23.2 Å². The Balaban J connectivity index is 0.000000617. The molecule has 0 unspecified atom stereocenters. The molecule has 0 spiro atoms. The van der Waals surface area contributed by atoms with Gasteiger partial charge in [-0.05, 0) is 69.4 Å². The zero-order valence-corrected chi connectivity index (χ0v) is 26.6. The van der Waals surface area contributed by atoms with Crippen molar-refractivity contribution in [2.75, 3.05) is 58.3 Å². The first-order valence-electron chi connectivity index (χ1n) is 15.5. The number of alkyl halides is 3. The molecule has 3 fully saturated rings. The minimum Gasteiger partial charge on any atom is -0.475 e. The number of carboxylic acids is 1. The van der Waals surface area contributed by atoms with Gasteiger partial charge in [-0.1, -0.05) is 36.6 Å². The van der Waals surface area contributed by atoms with Crippen molar-refractivity contribution < 1.29 is 27.9 Å². The van der Waals surface area contributed by atoms with Gasteiger partial charge in [-0.15, -0.1) is 0 Å². The number of aromatic nitrogens is 2. The van der Waals surface area contributed by atoms with Crippen molar-refractivity contribution >= 4 is 29.3 Å². The topological polar surface area (TPSA) is 129 Å². The molecule has 46 heavy (non-hydrogen) atoms. The fraction of sp³-hybridized carbons (Fsp3) is 0.581. The summed E-state index contributed by atoms with van der Waals surface area (Å²) in [7, 11) is 2.21. The molecular formula is C31H40ClF3N8O3. The number of carbonyl (C=O) groups is 2. The number of hydrazine groups is 1. The Bertz CT molecular complexity index is 1350. The monoisotopic (exact) mass is 664 g/mol. The van der Waals surface area contributed by atoms with Crippen LogP contribution in [0, 0.1) is 17.2 Å². The fourth-order valence-electron chi connectivity index (χ4n) is 6.05. The number of piperazine rings is 1. The molecule has 3 heterocycles. The largest absolute Gasteiger partial charge is 0.490 e. The Kier molecular flexibility index (Phi) is 12.6. The van der Waals surface area contributed by atoms with Crippen LogP contribution in [0.4, 0.5) is 19.0 Å². The SMILES string of the molecule is CN1CCN(C2CCN(Cc3ccc(C(=O)N(CC4CCCC4)Nc4nc(C#N)ncc4Cl)cc3)CC2)CC1.O=C(O)C(F)(F)F. The standard InChI is InChI=1S/C29H39ClN8O.C2HF3O2/c1-35-14-16-37(17-15-35)25-10-12-36(13-11-25)20-23-6-8-24(9-7-23)29(39)38(21-22-4-2-3-5-22)34-28-26(30)19-32-27(18-31)33-28;3-2(4,5)1(6)7/h6-9,19,22,25H,2-5,10-17,20-21H2,1H3,(H,32,33,34);(H,6,7). The number of amides is 1. The number of rotatable bonds is 8. The molecule has 2 aliphatic heterocycles. The number of likely N-dealkylation sites (tertiary alicyclic amines) is 1. The minimum atomic E-state index is -5.08. The number of piperidine rings is 1. The number of nitriles is 1. The Morgan fingerprint density at radius 1 is 1.07 bits per heavy atom. The van der Waals surface area contributed by atoms with Gasteiger partial charge in [0, 0.05) is 50.9 Å². The maximum atomic E-state index is 13.6. The molecule has 250 valence electrons. The van der Waals surface area contributed by atoms with Gasteiger partial charge in [-0.2, -0.15) is 23.4 Å². The molecule has 1 aliphatic carbocycles. The van der Waals surface area contributed by atoms with Crippen LogP contribution in [0.2, 0.25) is 5.02 Å². The van der Waals surface area contributed by atoms with Gasteiger partial charge in [0.1, 0.15) is 11.1 Å². The van der Waals surface area contributed by atoms with Gasteiger partial charge in [0.25, 0.3) is 5.91 Å². The molecule has 0 radical (unpaired) electrons. The Morgan fingerprint density at radius 3 is 2.24 bits per heavy atom. The summed E-state index contributed by atoms with van der Waals surface area (Å²) in [5, 5.41) is 18.2. The van der Waals surface area contributed by atoms with Crippen molar-refractivity contribution in [3.8, 4) is 6.07 Å². The number of carboxylic acid groups (broad SMARTS) is 1. The van der Waals surface area contributed by atoms with Crippen LogP contribution in [-0.4, -0.2) is 112 Å². The van der Waals surface area contributed by atoms with Crippen molar-refractivity contribution in [2.45, 2.75) is 57.3 Å². The number of hydrogen-bond donors (Lipinski definition) is 2. The molecule has 2 saturated heterocycles. The molecule has 1 amide bonds. The van der Waals surface area contributed by atoms with E-state index in [0.29, 0.717) is 24.1 Å². The molecular weight excluding hydrogens is 625 g/mol. The van der Waals surface area contributed by atoms with E-state index in [1.807, 2.05) is 18.2 Å². The second kappa shape index (κ2) is 16.4. The molecule has 15 heteroatoms. The predicted molar refractivity (Wildman–Crippen MR) is 166 cm³/mol.